The molecule has 0 fully saturated rings. The number of nitrogens with one attached hydrogen (secondary N) is 1. The normalized spacial score (nSPS) is 10.4. The van der Waals surface area contributed by atoms with Crippen LogP contribution >= 0.6 is 27.5 Å². The highest BCUT2D eigenvalue weighted by atomic mass is 79.9. The summed E-state index contributed by atoms with van der Waals surface area (Å²) < 4.78 is 1.09. The molecule has 2 nitrogen and oxygen atoms in total. The van der Waals surface area contributed by atoms with E-state index in [9.17, 15) is 0 Å². The minimum atomic E-state index is 0.645. The number of nitrogens with two attached hydrogens (primary N) is 1. The van der Waals surface area contributed by atoms with Gasteiger partial charge in [0.15, 0.2) is 0 Å². The topological polar surface area (TPSA) is 38.0 Å². The molecule has 0 aliphatic carbocycles. The minimum absolute atomic E-state index is 0.645. The number of aryl methyl sites for hydroxylation is 2. The standard InChI is InChI=1S/C14H14BrClN2/c1-8-5-10(3-4-11(8)15)18-14-6-9(2)12(16)7-13(14)17/h3-7,18H,17H2,1-2H3. The van der Waals surface area contributed by atoms with Crippen LogP contribution in [-0.2, 0) is 0 Å². The van der Waals surface area contributed by atoms with Crippen LogP contribution in [0.3, 0.4) is 0 Å². The van der Waals surface area contributed by atoms with Gasteiger partial charge in [0.1, 0.15) is 0 Å². The second-order valence-electron chi connectivity index (χ2n) is 4.28. The molecule has 0 atom stereocenters. The molecule has 3 N–H and O–H groups in total. The van der Waals surface area contributed by atoms with E-state index in [1.807, 2.05) is 32.0 Å². The Hall–Kier alpha value is -1.19. The van der Waals surface area contributed by atoms with E-state index in [4.69, 9.17) is 17.3 Å². The second-order valence-corrected chi connectivity index (χ2v) is 5.54. The van der Waals surface area contributed by atoms with Gasteiger partial charge >= 0.3 is 0 Å². The summed E-state index contributed by atoms with van der Waals surface area (Å²) in [5, 5.41) is 3.99. The first-order valence-electron chi connectivity index (χ1n) is 5.56. The van der Waals surface area contributed by atoms with Crippen LogP contribution in [-0.4, -0.2) is 0 Å². The lowest BCUT2D eigenvalue weighted by Gasteiger charge is -2.12. The Bertz CT molecular complexity index is 597. The van der Waals surface area contributed by atoms with E-state index in [0.29, 0.717) is 10.7 Å². The molecule has 2 aromatic rings. The summed E-state index contributed by atoms with van der Waals surface area (Å²) in [6.07, 6.45) is 0. The van der Waals surface area contributed by atoms with E-state index < -0.39 is 0 Å². The summed E-state index contributed by atoms with van der Waals surface area (Å²) in [7, 11) is 0. The van der Waals surface area contributed by atoms with Crippen molar-refractivity contribution in [3.05, 3.63) is 51.0 Å². The van der Waals surface area contributed by atoms with E-state index in [2.05, 4.69) is 27.3 Å². The highest BCUT2D eigenvalue weighted by Crippen LogP contribution is 2.30. The zero-order valence-electron chi connectivity index (χ0n) is 10.2. The fraction of sp³-hybridized carbons (Fsp3) is 0.143. The van der Waals surface area contributed by atoms with Gasteiger partial charge in [-0.25, -0.2) is 0 Å². The summed E-state index contributed by atoms with van der Waals surface area (Å²) in [6, 6.07) is 9.80. The lowest BCUT2D eigenvalue weighted by molar-refractivity contribution is 1.40. The number of halogens is 2. The molecule has 0 bridgehead atoms. The van der Waals surface area contributed by atoms with Crippen LogP contribution in [0.1, 0.15) is 11.1 Å². The quantitative estimate of drug-likeness (QED) is 0.759. The summed E-state index contributed by atoms with van der Waals surface area (Å²) >= 11 is 9.50. The van der Waals surface area contributed by atoms with Gasteiger partial charge in [-0.05, 0) is 55.3 Å². The van der Waals surface area contributed by atoms with Gasteiger partial charge in [-0.2, -0.15) is 0 Å². The van der Waals surface area contributed by atoms with Gasteiger partial charge in [0.05, 0.1) is 11.4 Å². The Morgan fingerprint density at radius 2 is 1.83 bits per heavy atom. The molecule has 2 aromatic carbocycles. The maximum absolute atomic E-state index is 6.02. The lowest BCUT2D eigenvalue weighted by atomic mass is 10.1. The van der Waals surface area contributed by atoms with E-state index in [1.165, 1.54) is 5.56 Å². The van der Waals surface area contributed by atoms with Crippen molar-refractivity contribution < 1.29 is 0 Å². The maximum atomic E-state index is 6.02. The predicted molar refractivity (Wildman–Crippen MR) is 82.8 cm³/mol. The van der Waals surface area contributed by atoms with Gasteiger partial charge in [-0.3, -0.25) is 0 Å². The molecule has 2 rings (SSSR count). The van der Waals surface area contributed by atoms with Crippen LogP contribution < -0.4 is 11.1 Å². The molecule has 0 unspecified atom stereocenters. The first kappa shape index (κ1) is 13.2. The number of anilines is 3. The molecule has 0 radical (unpaired) electrons. The Balaban J connectivity index is 2.34. The zero-order chi connectivity index (χ0) is 13.3. The number of nitrogen functional groups attached to an aromatic ring is 1. The van der Waals surface area contributed by atoms with Crippen molar-refractivity contribution in [2.45, 2.75) is 13.8 Å². The molecule has 18 heavy (non-hydrogen) atoms. The molecule has 0 aliphatic heterocycles. The molecule has 0 aromatic heterocycles. The van der Waals surface area contributed by atoms with Crippen LogP contribution in [0.4, 0.5) is 17.1 Å². The summed E-state index contributed by atoms with van der Waals surface area (Å²) in [6.45, 7) is 4.01. The van der Waals surface area contributed by atoms with E-state index in [-0.39, 0.29) is 0 Å². The minimum Gasteiger partial charge on any atom is -0.397 e. The zero-order valence-corrected chi connectivity index (χ0v) is 12.6. The van der Waals surface area contributed by atoms with E-state index in [0.717, 1.165) is 21.4 Å². The van der Waals surface area contributed by atoms with Crippen LogP contribution in [0.5, 0.6) is 0 Å². The first-order chi connectivity index (χ1) is 8.47. The Kier molecular flexibility index (Phi) is 3.83. The molecule has 0 spiro atoms. The lowest BCUT2D eigenvalue weighted by Crippen LogP contribution is -1.97. The molecule has 0 amide bonds. The van der Waals surface area contributed by atoms with Gasteiger partial charge in [0.2, 0.25) is 0 Å². The van der Waals surface area contributed by atoms with Crippen LogP contribution in [0.2, 0.25) is 5.02 Å². The van der Waals surface area contributed by atoms with Gasteiger partial charge in [0.25, 0.3) is 0 Å². The van der Waals surface area contributed by atoms with E-state index in [1.54, 1.807) is 6.07 Å². The number of hydrogen-bond donors (Lipinski definition) is 2. The highest BCUT2D eigenvalue weighted by molar-refractivity contribution is 9.10. The molecular weight excluding hydrogens is 312 g/mol. The van der Waals surface area contributed by atoms with Crippen LogP contribution in [0, 0.1) is 13.8 Å². The Morgan fingerprint density at radius 3 is 2.50 bits per heavy atom. The number of benzene rings is 2. The van der Waals surface area contributed by atoms with Crippen molar-refractivity contribution in [1.29, 1.82) is 0 Å². The van der Waals surface area contributed by atoms with Crippen LogP contribution in [0.15, 0.2) is 34.8 Å². The molecule has 0 aliphatic rings. The van der Waals surface area contributed by atoms with E-state index >= 15 is 0 Å². The van der Waals surface area contributed by atoms with Gasteiger partial charge in [-0.1, -0.05) is 27.5 Å². The largest absolute Gasteiger partial charge is 0.397 e. The molecule has 0 saturated heterocycles. The van der Waals surface area contributed by atoms with Gasteiger partial charge < -0.3 is 11.1 Å². The van der Waals surface area contributed by atoms with Crippen molar-refractivity contribution in [3.63, 3.8) is 0 Å². The summed E-state index contributed by atoms with van der Waals surface area (Å²) in [5.74, 6) is 0. The highest BCUT2D eigenvalue weighted by Gasteiger charge is 2.05. The molecule has 94 valence electrons. The monoisotopic (exact) mass is 324 g/mol. The van der Waals surface area contributed by atoms with Crippen molar-refractivity contribution in [3.8, 4) is 0 Å². The third-order valence-electron chi connectivity index (χ3n) is 2.77. The van der Waals surface area contributed by atoms with Gasteiger partial charge in [-0.15, -0.1) is 0 Å². The average Bonchev–Trinajstić information content (AvgIpc) is 2.31. The fourth-order valence-corrected chi connectivity index (χ4v) is 2.10. The number of hydrogen-bond acceptors (Lipinski definition) is 2. The Morgan fingerprint density at radius 1 is 1.11 bits per heavy atom. The first-order valence-corrected chi connectivity index (χ1v) is 6.73. The molecule has 0 saturated carbocycles. The smallest absolute Gasteiger partial charge is 0.0621 e. The maximum Gasteiger partial charge on any atom is 0.0621 e. The third-order valence-corrected chi connectivity index (χ3v) is 4.06. The van der Waals surface area contributed by atoms with Crippen molar-refractivity contribution in [2.24, 2.45) is 0 Å². The number of rotatable bonds is 2. The van der Waals surface area contributed by atoms with Crippen molar-refractivity contribution in [2.75, 3.05) is 11.1 Å². The van der Waals surface area contributed by atoms with Crippen LogP contribution in [0.25, 0.3) is 0 Å². The fourth-order valence-electron chi connectivity index (χ4n) is 1.68. The Labute approximate surface area is 120 Å². The predicted octanol–water partition coefficient (Wildman–Crippen LogP) is 5.05. The molecule has 4 heteroatoms. The molecule has 0 heterocycles. The molecular formula is C14H14BrClN2. The second kappa shape index (κ2) is 5.21. The average molecular weight is 326 g/mol. The van der Waals surface area contributed by atoms with Crippen molar-refractivity contribution >= 4 is 44.6 Å². The summed E-state index contributed by atoms with van der Waals surface area (Å²) in [5.41, 5.74) is 10.6. The van der Waals surface area contributed by atoms with Crippen molar-refractivity contribution in [1.82, 2.24) is 0 Å². The third kappa shape index (κ3) is 2.79. The summed E-state index contributed by atoms with van der Waals surface area (Å²) in [4.78, 5) is 0. The SMILES string of the molecule is Cc1cc(Nc2ccc(Br)c(C)c2)c(N)cc1Cl. The van der Waals surface area contributed by atoms with Gasteiger partial charge in [0, 0.05) is 15.2 Å².